The van der Waals surface area contributed by atoms with Gasteiger partial charge in [-0.1, -0.05) is 30.3 Å². The van der Waals surface area contributed by atoms with Crippen LogP contribution in [0.1, 0.15) is 24.8 Å². The van der Waals surface area contributed by atoms with Gasteiger partial charge in [0.25, 0.3) is 0 Å². The first kappa shape index (κ1) is 34.5. The predicted octanol–water partition coefficient (Wildman–Crippen LogP) is -0.652. The van der Waals surface area contributed by atoms with E-state index in [-0.39, 0.29) is 45.4 Å². The maximum Gasteiger partial charge on any atom is 0.323 e. The highest BCUT2D eigenvalue weighted by Crippen LogP contribution is 2.05. The van der Waals surface area contributed by atoms with Crippen LogP contribution in [0.2, 0.25) is 0 Å². The molecule has 0 aliphatic heterocycles. The van der Waals surface area contributed by atoms with Crippen LogP contribution in [-0.4, -0.2) is 111 Å². The molecule has 0 radical (unpaired) electrons. The molecule has 0 spiro atoms. The van der Waals surface area contributed by atoms with Gasteiger partial charge in [0.1, 0.15) is 6.04 Å². The zero-order valence-electron chi connectivity index (χ0n) is 22.5. The van der Waals surface area contributed by atoms with E-state index in [1.165, 1.54) is 0 Å². The molecule has 1 rings (SSSR count). The molecule has 1 aromatic rings. The number of ether oxygens (including phenoxy) is 4. The molecule has 0 aromatic heterocycles. The highest BCUT2D eigenvalue weighted by molar-refractivity contribution is 6.25. The Bertz CT molecular complexity index is 942. The molecule has 0 fully saturated rings. The third-order valence-electron chi connectivity index (χ3n) is 5.28. The lowest BCUT2D eigenvalue weighted by Gasteiger charge is -2.21. The molecule has 222 valence electrons. The van der Waals surface area contributed by atoms with Crippen molar-refractivity contribution in [2.24, 2.45) is 5.73 Å². The number of carbonyl (C=O) groups is 4. The summed E-state index contributed by atoms with van der Waals surface area (Å²) < 4.78 is 21.2. The Labute approximate surface area is 233 Å². The number of carbonyl (C=O) groups excluding carboxylic acids is 3. The summed E-state index contributed by atoms with van der Waals surface area (Å²) in [4.78, 5) is 49.8. The molecule has 0 aliphatic carbocycles. The second-order valence-corrected chi connectivity index (χ2v) is 8.49. The number of carboxylic acid groups (broad SMARTS) is 1. The van der Waals surface area contributed by atoms with Gasteiger partial charge in [0.15, 0.2) is 0 Å². The highest BCUT2D eigenvalue weighted by Gasteiger charge is 2.24. The van der Waals surface area contributed by atoms with Gasteiger partial charge in [-0.05, 0) is 12.0 Å². The van der Waals surface area contributed by atoms with Crippen LogP contribution >= 0.6 is 0 Å². The number of nitrogens with two attached hydrogens (primary N) is 1. The Hall–Kier alpha value is -3.52. The summed E-state index contributed by atoms with van der Waals surface area (Å²) in [6, 6.07) is 7.26. The van der Waals surface area contributed by atoms with Crippen molar-refractivity contribution >= 4 is 29.8 Å². The van der Waals surface area contributed by atoms with Gasteiger partial charge in [-0.25, -0.2) is 0 Å². The number of Topliss-reactive ketones (excluding diaryl/α,β-unsaturated/α-hetero) is 1. The maximum atomic E-state index is 12.8. The molecule has 0 saturated heterocycles. The van der Waals surface area contributed by atoms with E-state index in [0.717, 1.165) is 11.8 Å². The molecule has 0 bridgehead atoms. The molecule has 1 aromatic carbocycles. The molecule has 0 saturated carbocycles. The minimum absolute atomic E-state index is 0.0292. The summed E-state index contributed by atoms with van der Waals surface area (Å²) >= 11 is 0. The van der Waals surface area contributed by atoms with Crippen LogP contribution < -0.4 is 16.4 Å². The van der Waals surface area contributed by atoms with Crippen LogP contribution in [0.3, 0.4) is 0 Å². The van der Waals surface area contributed by atoms with Crippen LogP contribution in [-0.2, 0) is 44.5 Å². The summed E-state index contributed by atoms with van der Waals surface area (Å²) in [6.45, 7) is 2.63. The summed E-state index contributed by atoms with van der Waals surface area (Å²) in [5.41, 5.74) is 15.1. The monoisotopic (exact) mass is 565 g/mol. The Morgan fingerprint density at radius 2 is 1.45 bits per heavy atom. The Morgan fingerprint density at radius 3 is 2.02 bits per heavy atom. The minimum atomic E-state index is -1.02. The second-order valence-electron chi connectivity index (χ2n) is 8.49. The van der Waals surface area contributed by atoms with Crippen LogP contribution in [0.15, 0.2) is 30.3 Å². The van der Waals surface area contributed by atoms with Crippen LogP contribution in [0.5, 0.6) is 0 Å². The summed E-state index contributed by atoms with van der Waals surface area (Å²) in [5.74, 6) is -2.36. The number of hydrogen-bond acceptors (Lipinski definition) is 9. The maximum absolute atomic E-state index is 12.8. The third kappa shape index (κ3) is 17.9. The van der Waals surface area contributed by atoms with Gasteiger partial charge in [-0.2, -0.15) is 4.79 Å². The van der Waals surface area contributed by atoms with Gasteiger partial charge in [0, 0.05) is 19.4 Å². The fraction of sp³-hybridized carbons (Fsp3) is 0.577. The lowest BCUT2D eigenvalue weighted by molar-refractivity contribution is -0.138. The van der Waals surface area contributed by atoms with Gasteiger partial charge in [0.05, 0.1) is 65.3 Å². The first-order chi connectivity index (χ1) is 19.3. The fourth-order valence-electron chi connectivity index (χ4n) is 3.19. The van der Waals surface area contributed by atoms with Gasteiger partial charge in [-0.15, -0.1) is 0 Å². The number of amides is 2. The third-order valence-corrected chi connectivity index (χ3v) is 5.28. The van der Waals surface area contributed by atoms with Crippen molar-refractivity contribution in [1.82, 2.24) is 10.6 Å². The fourth-order valence-corrected chi connectivity index (χ4v) is 3.19. The van der Waals surface area contributed by atoms with E-state index < -0.39 is 35.7 Å². The molecule has 0 heterocycles. The second kappa shape index (κ2) is 22.3. The zero-order valence-corrected chi connectivity index (χ0v) is 22.5. The summed E-state index contributed by atoms with van der Waals surface area (Å²) in [7, 11) is 0. The lowest BCUT2D eigenvalue weighted by atomic mass is 10.0. The lowest BCUT2D eigenvalue weighted by Crippen LogP contribution is -2.53. The molecule has 0 aliphatic rings. The number of aliphatic carboxylic acids is 1. The highest BCUT2D eigenvalue weighted by atomic mass is 16.6. The van der Waals surface area contributed by atoms with Gasteiger partial charge in [0.2, 0.25) is 17.6 Å². The van der Waals surface area contributed by atoms with Crippen molar-refractivity contribution in [3.05, 3.63) is 41.4 Å². The van der Waals surface area contributed by atoms with E-state index >= 15 is 0 Å². The Kier molecular flexibility index (Phi) is 19.2. The van der Waals surface area contributed by atoms with E-state index in [1.807, 2.05) is 30.3 Å². The number of nitrogens with zero attached hydrogens (tertiary/aromatic N) is 2. The molecule has 40 heavy (non-hydrogen) atoms. The normalized spacial score (nSPS) is 12.1. The SMILES string of the molecule is [N-]=[N+]=CC(=O)CC[C@H](N)C(=O)N[C@@H](Cc1ccccc1)C(=O)NCCOCCOCCOCCOCCC(=O)O. The molecular weight excluding hydrogens is 526 g/mol. The summed E-state index contributed by atoms with van der Waals surface area (Å²) in [6.07, 6.45) is 0.897. The van der Waals surface area contributed by atoms with Crippen LogP contribution in [0.4, 0.5) is 0 Å². The molecule has 2 atom stereocenters. The number of benzene rings is 1. The smallest absolute Gasteiger partial charge is 0.323 e. The number of rotatable bonds is 24. The summed E-state index contributed by atoms with van der Waals surface area (Å²) in [5, 5.41) is 13.9. The minimum Gasteiger partial charge on any atom is -0.481 e. The van der Waals surface area contributed by atoms with Crippen LogP contribution in [0, 0.1) is 0 Å². The number of hydrogen-bond donors (Lipinski definition) is 4. The van der Waals surface area contributed by atoms with Gasteiger partial charge < -0.3 is 46.0 Å². The molecular formula is C26H39N5O9. The van der Waals surface area contributed by atoms with Gasteiger partial charge in [-0.3, -0.25) is 19.2 Å². The molecule has 5 N–H and O–H groups in total. The van der Waals surface area contributed by atoms with Crippen molar-refractivity contribution in [2.75, 3.05) is 59.4 Å². The van der Waals surface area contributed by atoms with Crippen molar-refractivity contribution in [1.29, 1.82) is 0 Å². The largest absolute Gasteiger partial charge is 0.481 e. The molecule has 14 heteroatoms. The van der Waals surface area contributed by atoms with E-state index in [0.29, 0.717) is 39.6 Å². The molecule has 14 nitrogen and oxygen atoms in total. The average molecular weight is 566 g/mol. The molecule has 2 amide bonds. The van der Waals surface area contributed by atoms with Crippen molar-refractivity contribution in [3.63, 3.8) is 0 Å². The quantitative estimate of drug-likeness (QED) is 0.0538. The van der Waals surface area contributed by atoms with Crippen molar-refractivity contribution in [2.45, 2.75) is 37.8 Å². The first-order valence-corrected chi connectivity index (χ1v) is 12.9. The Morgan fingerprint density at radius 1 is 0.875 bits per heavy atom. The van der Waals surface area contributed by atoms with Crippen LogP contribution in [0.25, 0.3) is 5.53 Å². The van der Waals surface area contributed by atoms with E-state index in [9.17, 15) is 19.2 Å². The molecule has 0 unspecified atom stereocenters. The number of nitrogens with one attached hydrogen (secondary N) is 2. The Balaban J connectivity index is 2.27. The van der Waals surface area contributed by atoms with Gasteiger partial charge >= 0.3 is 12.2 Å². The van der Waals surface area contributed by atoms with Crippen molar-refractivity contribution < 1.29 is 48.0 Å². The van der Waals surface area contributed by atoms with E-state index in [4.69, 9.17) is 35.3 Å². The number of ketones is 1. The standard InChI is InChI=1S/C26H39N5O9/c27-22(7-6-21(32)19-30-28)25(35)31-23(18-20-4-2-1-3-5-20)26(36)29-9-11-38-13-15-40-17-16-39-14-12-37-10-8-24(33)34/h1-5,19,22-23H,6-18,27H2,(H,29,36)(H,31,35)(H,33,34)/t22-,23-/m0/s1. The predicted molar refractivity (Wildman–Crippen MR) is 143 cm³/mol. The van der Waals surface area contributed by atoms with Crippen molar-refractivity contribution in [3.8, 4) is 0 Å². The zero-order chi connectivity index (χ0) is 29.4. The first-order valence-electron chi connectivity index (χ1n) is 12.9. The topological polar surface area (TPSA) is 212 Å². The van der Waals surface area contributed by atoms with E-state index in [1.54, 1.807) is 0 Å². The van der Waals surface area contributed by atoms with E-state index in [2.05, 4.69) is 15.4 Å². The average Bonchev–Trinajstić information content (AvgIpc) is 2.93. The number of carboxylic acids is 1.